The number of imide groups is 1. The maximum atomic E-state index is 13.9. The number of phenolic OH excluding ortho intramolecular Hbond substituents is 1. The van der Waals surface area contributed by atoms with E-state index in [1.54, 1.807) is 31.2 Å². The van der Waals surface area contributed by atoms with Gasteiger partial charge in [-0.1, -0.05) is 0 Å². The Labute approximate surface area is 257 Å². The smallest absolute Gasteiger partial charge is 0.310 e. The summed E-state index contributed by atoms with van der Waals surface area (Å²) in [5.41, 5.74) is 1.99. The predicted octanol–water partition coefficient (Wildman–Crippen LogP) is 1.78. The lowest BCUT2D eigenvalue weighted by Crippen LogP contribution is -2.52. The molecule has 2 bridgehead atoms. The first kappa shape index (κ1) is 28.0. The van der Waals surface area contributed by atoms with E-state index in [0.717, 1.165) is 17.7 Å². The minimum absolute atomic E-state index is 0.0138. The molecule has 13 nitrogen and oxygen atoms in total. The van der Waals surface area contributed by atoms with Crippen molar-refractivity contribution in [3.8, 4) is 28.7 Å². The predicted molar refractivity (Wildman–Crippen MR) is 151 cm³/mol. The highest BCUT2D eigenvalue weighted by Gasteiger charge is 2.63. The van der Waals surface area contributed by atoms with E-state index < -0.39 is 53.5 Å². The molecule has 1 aliphatic carbocycles. The number of phenols is 1. The number of amides is 3. The van der Waals surface area contributed by atoms with E-state index in [0.29, 0.717) is 28.2 Å². The third-order valence-electron chi connectivity index (χ3n) is 10.4. The minimum atomic E-state index is -1.08. The Morgan fingerprint density at radius 3 is 2.11 bits per heavy atom. The monoisotopic (exact) mass is 620 g/mol. The van der Waals surface area contributed by atoms with E-state index >= 15 is 0 Å². The van der Waals surface area contributed by atoms with E-state index in [2.05, 4.69) is 5.32 Å². The summed E-state index contributed by atoms with van der Waals surface area (Å²) in [6.07, 6.45) is 0.877. The number of hydrogen-bond acceptors (Lipinski definition) is 11. The fourth-order valence-corrected chi connectivity index (χ4v) is 8.35. The number of nitrogens with zero attached hydrogens (tertiary/aromatic N) is 1. The third kappa shape index (κ3) is 3.88. The van der Waals surface area contributed by atoms with E-state index in [-0.39, 0.29) is 54.7 Å². The summed E-state index contributed by atoms with van der Waals surface area (Å²) in [6, 6.07) is 5.10. The van der Waals surface area contributed by atoms with Crippen LogP contribution in [0.2, 0.25) is 0 Å². The molecule has 4 saturated heterocycles. The maximum Gasteiger partial charge on any atom is 0.310 e. The van der Waals surface area contributed by atoms with Gasteiger partial charge < -0.3 is 38.8 Å². The molecular formula is C32H32N2O11. The fourth-order valence-electron chi connectivity index (χ4n) is 8.35. The molecule has 2 aromatic rings. The number of nitrogens with one attached hydrogen (secondary N) is 1. The number of carbonyl (C=O) groups is 4. The Kier molecular flexibility index (Phi) is 6.22. The van der Waals surface area contributed by atoms with Gasteiger partial charge in [0.2, 0.25) is 30.3 Å². The Hall–Kier alpha value is -4.52. The third-order valence-corrected chi connectivity index (χ3v) is 10.4. The molecule has 9 atom stereocenters. The summed E-state index contributed by atoms with van der Waals surface area (Å²) in [5, 5.41) is 13.7. The van der Waals surface area contributed by atoms with Gasteiger partial charge in [0.1, 0.15) is 6.04 Å². The van der Waals surface area contributed by atoms with Crippen molar-refractivity contribution in [3.05, 3.63) is 41.0 Å². The molecular weight excluding hydrogens is 588 g/mol. The second-order valence-electron chi connectivity index (χ2n) is 12.5. The highest BCUT2D eigenvalue weighted by molar-refractivity contribution is 6.09. The van der Waals surface area contributed by atoms with Crippen LogP contribution in [0.4, 0.5) is 0 Å². The number of ether oxygens (including phenoxy) is 6. The van der Waals surface area contributed by atoms with Gasteiger partial charge in [0.05, 0.1) is 56.8 Å². The van der Waals surface area contributed by atoms with Crippen LogP contribution in [0.3, 0.4) is 0 Å². The second kappa shape index (κ2) is 9.99. The molecule has 236 valence electrons. The molecule has 6 aliphatic rings. The van der Waals surface area contributed by atoms with E-state index in [1.165, 1.54) is 14.2 Å². The van der Waals surface area contributed by atoms with Crippen molar-refractivity contribution >= 4 is 23.7 Å². The summed E-state index contributed by atoms with van der Waals surface area (Å²) < 4.78 is 33.7. The van der Waals surface area contributed by atoms with Crippen molar-refractivity contribution in [3.63, 3.8) is 0 Å². The Morgan fingerprint density at radius 2 is 1.51 bits per heavy atom. The van der Waals surface area contributed by atoms with Gasteiger partial charge in [-0.05, 0) is 60.7 Å². The average molecular weight is 621 g/mol. The minimum Gasteiger partial charge on any atom is -0.502 e. The molecule has 0 aromatic heterocycles. The van der Waals surface area contributed by atoms with Crippen LogP contribution in [-0.4, -0.2) is 79.6 Å². The van der Waals surface area contributed by atoms with Gasteiger partial charge in [0, 0.05) is 11.8 Å². The lowest BCUT2D eigenvalue weighted by Gasteiger charge is -2.40. The largest absolute Gasteiger partial charge is 0.502 e. The zero-order chi connectivity index (χ0) is 31.3. The Bertz CT molecular complexity index is 1600. The van der Waals surface area contributed by atoms with Crippen LogP contribution in [0.25, 0.3) is 0 Å². The molecule has 0 radical (unpaired) electrons. The van der Waals surface area contributed by atoms with Crippen molar-refractivity contribution in [1.29, 1.82) is 0 Å². The molecule has 4 fully saturated rings. The fraction of sp³-hybridized carbons (Fsp3) is 0.500. The SMILES string of the molecule is COc1cc([C@@H]2c3cc4c(cc3[C@@H](NC(=O)[C@H](C)N3C(=O)C5C6CCC(O6)C5C3=O)[C@H]3COC(=O)[C@H]23)OCO4)cc(OC)c1O. The number of benzene rings is 2. The van der Waals surface area contributed by atoms with Crippen LogP contribution >= 0.6 is 0 Å². The number of likely N-dealkylation sites (tertiary alicyclic amines) is 1. The van der Waals surface area contributed by atoms with Gasteiger partial charge in [-0.3, -0.25) is 24.1 Å². The normalized spacial score (nSPS) is 32.6. The number of esters is 1. The summed E-state index contributed by atoms with van der Waals surface area (Å²) in [6.45, 7) is 1.59. The highest BCUT2D eigenvalue weighted by Crippen LogP contribution is 2.56. The number of hydrogen-bond donors (Lipinski definition) is 2. The summed E-state index contributed by atoms with van der Waals surface area (Å²) in [4.78, 5) is 55.3. The second-order valence-corrected chi connectivity index (χ2v) is 12.5. The van der Waals surface area contributed by atoms with Crippen molar-refractivity contribution in [1.82, 2.24) is 10.2 Å². The van der Waals surface area contributed by atoms with Gasteiger partial charge in [-0.25, -0.2) is 0 Å². The number of carbonyl (C=O) groups excluding carboxylic acids is 4. The number of methoxy groups -OCH3 is 2. The quantitative estimate of drug-likeness (QED) is 0.358. The Balaban J connectivity index is 1.18. The maximum absolute atomic E-state index is 13.9. The molecule has 5 heterocycles. The molecule has 0 spiro atoms. The van der Waals surface area contributed by atoms with Crippen molar-refractivity contribution in [2.75, 3.05) is 27.6 Å². The molecule has 5 aliphatic heterocycles. The van der Waals surface area contributed by atoms with Crippen LogP contribution in [0, 0.1) is 23.7 Å². The number of aromatic hydroxyl groups is 1. The Morgan fingerprint density at radius 1 is 0.911 bits per heavy atom. The molecule has 45 heavy (non-hydrogen) atoms. The van der Waals surface area contributed by atoms with Gasteiger partial charge >= 0.3 is 5.97 Å². The van der Waals surface area contributed by atoms with Gasteiger partial charge in [0.25, 0.3) is 0 Å². The van der Waals surface area contributed by atoms with Gasteiger partial charge in [-0.2, -0.15) is 0 Å². The van der Waals surface area contributed by atoms with Crippen LogP contribution in [0.15, 0.2) is 24.3 Å². The number of rotatable bonds is 6. The number of cyclic esters (lactones) is 1. The molecule has 8 rings (SSSR count). The average Bonchev–Trinajstić information content (AvgIpc) is 3.87. The summed E-state index contributed by atoms with van der Waals surface area (Å²) in [7, 11) is 2.84. The number of fused-ring (bicyclic) bond motifs is 8. The van der Waals surface area contributed by atoms with Crippen molar-refractivity contribution in [2.45, 2.75) is 50.0 Å². The summed E-state index contributed by atoms with van der Waals surface area (Å²) >= 11 is 0. The van der Waals surface area contributed by atoms with Crippen LogP contribution in [0.5, 0.6) is 28.7 Å². The van der Waals surface area contributed by atoms with Gasteiger partial charge in [-0.15, -0.1) is 0 Å². The standard InChI is InChI=1S/C32H32N2O11/c1-12(34-30(37)25-17-4-5-18(45-17)26(25)31(34)38)29(36)33-27-15-9-20-19(43-11-44-20)8-14(15)23(24-16(27)10-42-32(24)39)13-6-21(40-2)28(35)22(7-13)41-3/h6-9,12,16-18,23-27,35H,4-5,10-11H2,1-3H3,(H,33,36)/t12-,16-,17?,18?,23+,24-,25?,26?,27+/m0/s1. The molecule has 4 unspecified atom stereocenters. The van der Waals surface area contributed by atoms with Crippen LogP contribution in [0.1, 0.15) is 48.4 Å². The molecule has 0 saturated carbocycles. The lowest BCUT2D eigenvalue weighted by molar-refractivity contribution is -0.149. The molecule has 2 N–H and O–H groups in total. The highest BCUT2D eigenvalue weighted by atomic mass is 16.7. The topological polar surface area (TPSA) is 159 Å². The first-order valence-corrected chi connectivity index (χ1v) is 15.1. The molecule has 13 heteroatoms. The van der Waals surface area contributed by atoms with Crippen LogP contribution < -0.4 is 24.3 Å². The van der Waals surface area contributed by atoms with E-state index in [1.807, 2.05) is 0 Å². The van der Waals surface area contributed by atoms with Crippen LogP contribution in [-0.2, 0) is 28.7 Å². The first-order valence-electron chi connectivity index (χ1n) is 15.1. The lowest BCUT2D eigenvalue weighted by atomic mass is 9.65. The van der Waals surface area contributed by atoms with Crippen molar-refractivity contribution in [2.24, 2.45) is 23.7 Å². The molecule has 2 aromatic carbocycles. The van der Waals surface area contributed by atoms with Gasteiger partial charge in [0.15, 0.2) is 23.0 Å². The van der Waals surface area contributed by atoms with E-state index in [4.69, 9.17) is 28.4 Å². The zero-order valence-electron chi connectivity index (χ0n) is 24.8. The van der Waals surface area contributed by atoms with E-state index in [9.17, 15) is 24.3 Å². The summed E-state index contributed by atoms with van der Waals surface area (Å²) in [5.74, 6) is -3.52. The zero-order valence-corrected chi connectivity index (χ0v) is 24.8. The van der Waals surface area contributed by atoms with Crippen molar-refractivity contribution < 1.29 is 52.7 Å². The molecule has 3 amide bonds. The first-order chi connectivity index (χ1) is 21.7.